The van der Waals surface area contributed by atoms with Crippen LogP contribution < -0.4 is 10.6 Å². The summed E-state index contributed by atoms with van der Waals surface area (Å²) in [6, 6.07) is 8.66. The summed E-state index contributed by atoms with van der Waals surface area (Å²) in [5.74, 6) is -0.183. The van der Waals surface area contributed by atoms with Crippen LogP contribution in [0.3, 0.4) is 0 Å². The predicted molar refractivity (Wildman–Crippen MR) is 72.8 cm³/mol. The molecule has 2 amide bonds. The molecule has 1 heterocycles. The number of piperazine rings is 1. The van der Waals surface area contributed by atoms with E-state index in [1.54, 1.807) is 17.0 Å². The molecule has 0 radical (unpaired) electrons. The highest BCUT2D eigenvalue weighted by Gasteiger charge is 2.32. The highest BCUT2D eigenvalue weighted by molar-refractivity contribution is 5.97. The van der Waals surface area contributed by atoms with Crippen molar-refractivity contribution in [2.45, 2.75) is 13.0 Å². The Bertz CT molecular complexity index is 447. The third kappa shape index (κ3) is 3.12. The molecule has 0 bridgehead atoms. The molecule has 1 aromatic carbocycles. The normalized spacial score (nSPS) is 19.0. The number of rotatable bonds is 3. The van der Waals surface area contributed by atoms with Gasteiger partial charge in [-0.3, -0.25) is 9.59 Å². The monoisotopic (exact) mass is 261 g/mol. The summed E-state index contributed by atoms with van der Waals surface area (Å²) < 4.78 is 0. The number of carbonyl (C=O) groups is 2. The molecule has 0 aromatic heterocycles. The van der Waals surface area contributed by atoms with Gasteiger partial charge in [-0.15, -0.1) is 0 Å². The number of nitrogens with zero attached hydrogens (tertiary/aromatic N) is 1. The third-order valence-electron chi connectivity index (χ3n) is 3.18. The van der Waals surface area contributed by atoms with Crippen molar-refractivity contribution in [2.75, 3.05) is 26.2 Å². The average molecular weight is 261 g/mol. The SMILES string of the molecule is CCNC(=O)C1CNCCN1C(=O)c1ccccc1. The fourth-order valence-corrected chi connectivity index (χ4v) is 2.22. The van der Waals surface area contributed by atoms with Crippen molar-refractivity contribution in [3.8, 4) is 0 Å². The van der Waals surface area contributed by atoms with Crippen molar-refractivity contribution in [3.05, 3.63) is 35.9 Å². The van der Waals surface area contributed by atoms with Gasteiger partial charge in [-0.05, 0) is 19.1 Å². The Hall–Kier alpha value is -1.88. The Morgan fingerprint density at radius 1 is 1.37 bits per heavy atom. The van der Waals surface area contributed by atoms with E-state index in [1.807, 2.05) is 25.1 Å². The molecule has 2 rings (SSSR count). The molecule has 1 aromatic rings. The Labute approximate surface area is 113 Å². The van der Waals surface area contributed by atoms with Crippen molar-refractivity contribution >= 4 is 11.8 Å². The first-order valence-corrected chi connectivity index (χ1v) is 6.58. The summed E-state index contributed by atoms with van der Waals surface area (Å²) in [5.41, 5.74) is 0.624. The Morgan fingerprint density at radius 2 is 2.11 bits per heavy atom. The highest BCUT2D eigenvalue weighted by Crippen LogP contribution is 2.10. The zero-order valence-corrected chi connectivity index (χ0v) is 11.1. The number of benzene rings is 1. The quantitative estimate of drug-likeness (QED) is 0.819. The Kier molecular flexibility index (Phi) is 4.52. The minimum absolute atomic E-state index is 0.0849. The second-order valence-electron chi connectivity index (χ2n) is 4.48. The van der Waals surface area contributed by atoms with Crippen molar-refractivity contribution in [3.63, 3.8) is 0 Å². The van der Waals surface area contributed by atoms with Gasteiger partial charge < -0.3 is 15.5 Å². The minimum Gasteiger partial charge on any atom is -0.355 e. The number of likely N-dealkylation sites (N-methyl/N-ethyl adjacent to an activating group) is 1. The first-order valence-electron chi connectivity index (χ1n) is 6.58. The van der Waals surface area contributed by atoms with Gasteiger partial charge in [0.05, 0.1) is 0 Å². The topological polar surface area (TPSA) is 61.4 Å². The Balaban J connectivity index is 2.15. The number of amides is 2. The van der Waals surface area contributed by atoms with E-state index in [9.17, 15) is 9.59 Å². The lowest BCUT2D eigenvalue weighted by Gasteiger charge is -2.35. The van der Waals surface area contributed by atoms with Gasteiger partial charge >= 0.3 is 0 Å². The average Bonchev–Trinajstić information content (AvgIpc) is 2.47. The smallest absolute Gasteiger partial charge is 0.254 e. The maximum Gasteiger partial charge on any atom is 0.254 e. The molecule has 1 fully saturated rings. The standard InChI is InChI=1S/C14H19N3O2/c1-2-16-13(18)12-10-15-8-9-17(12)14(19)11-6-4-3-5-7-11/h3-7,12,15H,2,8-10H2,1H3,(H,16,18). The fourth-order valence-electron chi connectivity index (χ4n) is 2.22. The van der Waals surface area contributed by atoms with Crippen molar-refractivity contribution in [1.29, 1.82) is 0 Å². The van der Waals surface area contributed by atoms with Crippen LogP contribution in [0.1, 0.15) is 17.3 Å². The number of hydrogen-bond donors (Lipinski definition) is 2. The lowest BCUT2D eigenvalue weighted by atomic mass is 10.1. The molecule has 0 aliphatic carbocycles. The molecule has 1 aliphatic heterocycles. The summed E-state index contributed by atoms with van der Waals surface area (Å²) in [5, 5.41) is 5.93. The van der Waals surface area contributed by atoms with E-state index in [0.717, 1.165) is 0 Å². The summed E-state index contributed by atoms with van der Waals surface area (Å²) in [6.45, 7) is 4.22. The predicted octanol–water partition coefficient (Wildman–Crippen LogP) is 0.237. The van der Waals surface area contributed by atoms with E-state index < -0.39 is 6.04 Å². The van der Waals surface area contributed by atoms with Crippen molar-refractivity contribution < 1.29 is 9.59 Å². The molecule has 19 heavy (non-hydrogen) atoms. The van der Waals surface area contributed by atoms with Crippen LogP contribution in [0.25, 0.3) is 0 Å². The van der Waals surface area contributed by atoms with Crippen LogP contribution in [-0.2, 0) is 4.79 Å². The molecular weight excluding hydrogens is 242 g/mol. The van der Waals surface area contributed by atoms with Crippen molar-refractivity contribution in [2.24, 2.45) is 0 Å². The second-order valence-corrected chi connectivity index (χ2v) is 4.48. The van der Waals surface area contributed by atoms with E-state index in [-0.39, 0.29) is 11.8 Å². The second kappa shape index (κ2) is 6.33. The molecule has 1 unspecified atom stereocenters. The van der Waals surface area contributed by atoms with Crippen LogP contribution in [0, 0.1) is 0 Å². The Morgan fingerprint density at radius 3 is 2.79 bits per heavy atom. The zero-order chi connectivity index (χ0) is 13.7. The van der Waals surface area contributed by atoms with Gasteiger partial charge in [0, 0.05) is 31.7 Å². The molecule has 0 saturated carbocycles. The van der Waals surface area contributed by atoms with Crippen LogP contribution in [0.4, 0.5) is 0 Å². The summed E-state index contributed by atoms with van der Waals surface area (Å²) in [6.07, 6.45) is 0. The van der Waals surface area contributed by atoms with Gasteiger partial charge in [-0.1, -0.05) is 18.2 Å². The molecule has 102 valence electrons. The lowest BCUT2D eigenvalue weighted by Crippen LogP contribution is -2.59. The van der Waals surface area contributed by atoms with Crippen LogP contribution in [0.5, 0.6) is 0 Å². The van der Waals surface area contributed by atoms with E-state index in [1.165, 1.54) is 0 Å². The molecule has 5 nitrogen and oxygen atoms in total. The van der Waals surface area contributed by atoms with Crippen LogP contribution in [-0.4, -0.2) is 48.9 Å². The summed E-state index contributed by atoms with van der Waals surface area (Å²) in [4.78, 5) is 26.1. The van der Waals surface area contributed by atoms with Gasteiger partial charge in [0.2, 0.25) is 5.91 Å². The van der Waals surface area contributed by atoms with Crippen LogP contribution >= 0.6 is 0 Å². The van der Waals surface area contributed by atoms with Gasteiger partial charge in [0.15, 0.2) is 0 Å². The largest absolute Gasteiger partial charge is 0.355 e. The van der Waals surface area contributed by atoms with E-state index >= 15 is 0 Å². The first kappa shape index (κ1) is 13.5. The van der Waals surface area contributed by atoms with Crippen LogP contribution in [0.15, 0.2) is 30.3 Å². The number of nitrogens with one attached hydrogen (secondary N) is 2. The first-order chi connectivity index (χ1) is 9.24. The van der Waals surface area contributed by atoms with Gasteiger partial charge in [0.1, 0.15) is 6.04 Å². The lowest BCUT2D eigenvalue weighted by molar-refractivity contribution is -0.126. The molecule has 1 atom stereocenters. The number of carbonyl (C=O) groups excluding carboxylic acids is 2. The fraction of sp³-hybridized carbons (Fsp3) is 0.429. The van der Waals surface area contributed by atoms with Gasteiger partial charge in [0.25, 0.3) is 5.91 Å². The maximum absolute atomic E-state index is 12.4. The maximum atomic E-state index is 12.4. The third-order valence-corrected chi connectivity index (χ3v) is 3.18. The highest BCUT2D eigenvalue weighted by atomic mass is 16.2. The molecular formula is C14H19N3O2. The van der Waals surface area contributed by atoms with Crippen LogP contribution in [0.2, 0.25) is 0 Å². The minimum atomic E-state index is -0.429. The molecule has 1 saturated heterocycles. The summed E-state index contributed by atoms with van der Waals surface area (Å²) in [7, 11) is 0. The molecule has 1 aliphatic rings. The molecule has 0 spiro atoms. The van der Waals surface area contributed by atoms with Gasteiger partial charge in [-0.2, -0.15) is 0 Å². The van der Waals surface area contributed by atoms with E-state index in [4.69, 9.17) is 0 Å². The van der Waals surface area contributed by atoms with E-state index in [0.29, 0.717) is 31.7 Å². The summed E-state index contributed by atoms with van der Waals surface area (Å²) >= 11 is 0. The van der Waals surface area contributed by atoms with E-state index in [2.05, 4.69) is 10.6 Å². The molecule has 2 N–H and O–H groups in total. The number of hydrogen-bond acceptors (Lipinski definition) is 3. The molecule has 5 heteroatoms. The zero-order valence-electron chi connectivity index (χ0n) is 11.1. The van der Waals surface area contributed by atoms with Crippen molar-refractivity contribution in [1.82, 2.24) is 15.5 Å². The van der Waals surface area contributed by atoms with Gasteiger partial charge in [-0.25, -0.2) is 0 Å².